The predicted octanol–water partition coefficient (Wildman–Crippen LogP) is 9.36. The lowest BCUT2D eigenvalue weighted by Crippen LogP contribution is -2.05. The SMILES string of the molecule is Cc1ccc2c(c1)c1c(n2-c2ccccc2)C2CC2C(C/C(=C/C2=CC=CCC=C2)c2ccccc2)=C1. The summed E-state index contributed by atoms with van der Waals surface area (Å²) in [5, 5.41) is 1.38. The molecular weight excluding hydrogens is 446 g/mol. The van der Waals surface area contributed by atoms with Gasteiger partial charge >= 0.3 is 0 Å². The maximum atomic E-state index is 2.54. The van der Waals surface area contributed by atoms with Gasteiger partial charge in [-0.1, -0.05) is 108 Å². The van der Waals surface area contributed by atoms with Crippen LogP contribution in [-0.4, -0.2) is 4.57 Å². The molecule has 0 aliphatic heterocycles. The van der Waals surface area contributed by atoms with Crippen molar-refractivity contribution in [3.63, 3.8) is 0 Å². The number of benzene rings is 3. The molecule has 1 saturated carbocycles. The van der Waals surface area contributed by atoms with Gasteiger partial charge in [0.2, 0.25) is 0 Å². The first kappa shape index (κ1) is 22.1. The number of aromatic nitrogens is 1. The number of aryl methyl sites for hydroxylation is 1. The highest BCUT2D eigenvalue weighted by molar-refractivity contribution is 5.95. The van der Waals surface area contributed by atoms with Crippen LogP contribution in [0.5, 0.6) is 0 Å². The van der Waals surface area contributed by atoms with E-state index in [1.807, 2.05) is 0 Å². The predicted molar refractivity (Wildman–Crippen MR) is 157 cm³/mol. The van der Waals surface area contributed by atoms with Gasteiger partial charge < -0.3 is 4.57 Å². The highest BCUT2D eigenvalue weighted by Crippen LogP contribution is 2.60. The van der Waals surface area contributed by atoms with E-state index in [0.29, 0.717) is 11.8 Å². The normalized spacial score (nSPS) is 20.2. The van der Waals surface area contributed by atoms with E-state index in [-0.39, 0.29) is 0 Å². The Labute approximate surface area is 219 Å². The highest BCUT2D eigenvalue weighted by atomic mass is 15.0. The number of para-hydroxylation sites is 1. The van der Waals surface area contributed by atoms with Crippen LogP contribution in [-0.2, 0) is 0 Å². The summed E-state index contributed by atoms with van der Waals surface area (Å²) >= 11 is 0. The average Bonchev–Trinajstić information content (AvgIpc) is 3.72. The molecule has 37 heavy (non-hydrogen) atoms. The Morgan fingerprint density at radius 1 is 0.919 bits per heavy atom. The van der Waals surface area contributed by atoms with Gasteiger partial charge in [-0.2, -0.15) is 0 Å². The quantitative estimate of drug-likeness (QED) is 0.270. The molecule has 3 aliphatic carbocycles. The third-order valence-electron chi connectivity index (χ3n) is 8.05. The third-order valence-corrected chi connectivity index (χ3v) is 8.05. The topological polar surface area (TPSA) is 4.93 Å². The molecule has 3 aliphatic rings. The van der Waals surface area contributed by atoms with Gasteiger partial charge in [0.15, 0.2) is 0 Å². The molecule has 0 radical (unpaired) electrons. The first-order valence-corrected chi connectivity index (χ1v) is 13.5. The fourth-order valence-corrected chi connectivity index (χ4v) is 6.20. The molecule has 2 atom stereocenters. The molecule has 4 aromatic rings. The Balaban J connectivity index is 1.37. The van der Waals surface area contributed by atoms with E-state index in [0.717, 1.165) is 12.8 Å². The van der Waals surface area contributed by atoms with Crippen LogP contribution in [0.2, 0.25) is 0 Å². The Bertz CT molecular complexity index is 1640. The number of nitrogens with zero attached hydrogens (tertiary/aromatic N) is 1. The van der Waals surface area contributed by atoms with Crippen molar-refractivity contribution in [2.75, 3.05) is 0 Å². The zero-order valence-electron chi connectivity index (χ0n) is 21.3. The van der Waals surface area contributed by atoms with Crippen molar-refractivity contribution in [2.24, 2.45) is 5.92 Å². The van der Waals surface area contributed by atoms with Crippen LogP contribution in [0.15, 0.2) is 126 Å². The summed E-state index contributed by atoms with van der Waals surface area (Å²) in [7, 11) is 0. The van der Waals surface area contributed by atoms with Crippen molar-refractivity contribution >= 4 is 22.6 Å². The van der Waals surface area contributed by atoms with Gasteiger partial charge in [-0.15, -0.1) is 0 Å². The molecule has 0 spiro atoms. The van der Waals surface area contributed by atoms with Crippen LogP contribution in [0.4, 0.5) is 0 Å². The van der Waals surface area contributed by atoms with Crippen molar-refractivity contribution in [1.29, 1.82) is 0 Å². The fraction of sp³-hybridized carbons (Fsp3) is 0.167. The van der Waals surface area contributed by atoms with E-state index in [1.54, 1.807) is 5.57 Å². The second kappa shape index (κ2) is 9.09. The molecule has 1 aromatic heterocycles. The smallest absolute Gasteiger partial charge is 0.0538 e. The van der Waals surface area contributed by atoms with Crippen LogP contribution in [0, 0.1) is 12.8 Å². The van der Waals surface area contributed by atoms with E-state index in [9.17, 15) is 0 Å². The zero-order valence-corrected chi connectivity index (χ0v) is 21.3. The van der Waals surface area contributed by atoms with Gasteiger partial charge in [0, 0.05) is 28.2 Å². The van der Waals surface area contributed by atoms with E-state index in [1.165, 1.54) is 56.5 Å². The van der Waals surface area contributed by atoms with Gasteiger partial charge in [-0.25, -0.2) is 0 Å². The maximum absolute atomic E-state index is 2.54. The first-order chi connectivity index (χ1) is 18.3. The lowest BCUT2D eigenvalue weighted by Gasteiger charge is -2.18. The van der Waals surface area contributed by atoms with Gasteiger partial charge in [0.05, 0.1) is 5.52 Å². The molecular formula is C36H31N. The molecule has 7 rings (SSSR count). The number of allylic oxidation sites excluding steroid dienone is 9. The maximum Gasteiger partial charge on any atom is 0.0538 e. The molecule has 1 heteroatoms. The monoisotopic (exact) mass is 477 g/mol. The van der Waals surface area contributed by atoms with Crippen molar-refractivity contribution in [1.82, 2.24) is 4.57 Å². The number of fused-ring (bicyclic) bond motifs is 5. The second-order valence-electron chi connectivity index (χ2n) is 10.6. The first-order valence-electron chi connectivity index (χ1n) is 13.5. The number of hydrogen-bond acceptors (Lipinski definition) is 0. The molecule has 1 fully saturated rings. The number of hydrogen-bond donors (Lipinski definition) is 0. The largest absolute Gasteiger partial charge is 0.313 e. The number of rotatable bonds is 5. The Morgan fingerprint density at radius 3 is 2.57 bits per heavy atom. The van der Waals surface area contributed by atoms with Crippen molar-refractivity contribution in [3.8, 4) is 5.69 Å². The summed E-state index contributed by atoms with van der Waals surface area (Å²) < 4.78 is 2.53. The molecule has 1 heterocycles. The Kier molecular flexibility index (Phi) is 5.43. The lowest BCUT2D eigenvalue weighted by molar-refractivity contribution is 0.849. The van der Waals surface area contributed by atoms with Crippen molar-refractivity contribution < 1.29 is 0 Å². The standard InChI is InChI=1S/C36H31N/c1-25-18-19-35-32(20-25)33-23-29(31-24-34(31)36(33)37(35)30-16-10-5-11-17-30)22-28(27-14-8-4-9-15-27)21-26-12-6-2-3-7-13-26/h2,4-21,23,31,34H,3,22,24H2,1H3/b28-21-. The lowest BCUT2D eigenvalue weighted by atomic mass is 9.88. The van der Waals surface area contributed by atoms with Gasteiger partial charge in [0.25, 0.3) is 0 Å². The minimum absolute atomic E-state index is 0.597. The van der Waals surface area contributed by atoms with Gasteiger partial charge in [-0.05, 0) is 73.1 Å². The van der Waals surface area contributed by atoms with Crippen molar-refractivity contribution in [3.05, 3.63) is 149 Å². The molecule has 1 nitrogen and oxygen atoms in total. The minimum atomic E-state index is 0.597. The van der Waals surface area contributed by atoms with Gasteiger partial charge in [0.1, 0.15) is 0 Å². The Morgan fingerprint density at radius 2 is 1.73 bits per heavy atom. The molecule has 0 N–H and O–H groups in total. The summed E-state index contributed by atoms with van der Waals surface area (Å²) in [5.74, 6) is 1.23. The summed E-state index contributed by atoms with van der Waals surface area (Å²) in [6, 6.07) is 28.8. The van der Waals surface area contributed by atoms with E-state index < -0.39 is 0 Å². The van der Waals surface area contributed by atoms with Gasteiger partial charge in [-0.3, -0.25) is 0 Å². The van der Waals surface area contributed by atoms with E-state index >= 15 is 0 Å². The fourth-order valence-electron chi connectivity index (χ4n) is 6.20. The molecule has 3 aromatic carbocycles. The van der Waals surface area contributed by atoms with Crippen LogP contribution < -0.4 is 0 Å². The minimum Gasteiger partial charge on any atom is -0.313 e. The van der Waals surface area contributed by atoms with Crippen LogP contribution in [0.1, 0.15) is 47.6 Å². The van der Waals surface area contributed by atoms with Crippen LogP contribution >= 0.6 is 0 Å². The molecule has 2 unspecified atom stereocenters. The molecule has 0 amide bonds. The average molecular weight is 478 g/mol. The molecule has 0 bridgehead atoms. The van der Waals surface area contributed by atoms with Crippen LogP contribution in [0.25, 0.3) is 28.2 Å². The Hall–Kier alpha value is -4.10. The summed E-state index contributed by atoms with van der Waals surface area (Å²) in [4.78, 5) is 0. The van der Waals surface area contributed by atoms with E-state index in [2.05, 4.69) is 133 Å². The summed E-state index contributed by atoms with van der Waals surface area (Å²) in [6.07, 6.45) is 19.3. The summed E-state index contributed by atoms with van der Waals surface area (Å²) in [5.41, 5.74) is 12.4. The second-order valence-corrected chi connectivity index (χ2v) is 10.6. The van der Waals surface area contributed by atoms with Crippen LogP contribution in [0.3, 0.4) is 0 Å². The zero-order chi connectivity index (χ0) is 24.8. The summed E-state index contributed by atoms with van der Waals surface area (Å²) in [6.45, 7) is 2.21. The third kappa shape index (κ3) is 4.05. The molecule has 180 valence electrons. The highest BCUT2D eigenvalue weighted by Gasteiger charge is 2.47. The molecule has 0 saturated heterocycles. The van der Waals surface area contributed by atoms with Crippen molar-refractivity contribution in [2.45, 2.75) is 32.1 Å². The van der Waals surface area contributed by atoms with E-state index in [4.69, 9.17) is 0 Å².